The number of hydrogen-bond acceptors (Lipinski definition) is 5. The Morgan fingerprint density at radius 1 is 1.56 bits per heavy atom. The monoisotopic (exact) mass is 236 g/mol. The number of nitrogens with one attached hydrogen (secondary N) is 2. The highest BCUT2D eigenvalue weighted by Crippen LogP contribution is 2.07. The van der Waals surface area contributed by atoms with Gasteiger partial charge >= 0.3 is 6.03 Å². The minimum absolute atomic E-state index is 0.0480. The van der Waals surface area contributed by atoms with E-state index in [0.717, 1.165) is 0 Å². The summed E-state index contributed by atoms with van der Waals surface area (Å²) in [5, 5.41) is 12.8. The van der Waals surface area contributed by atoms with Crippen molar-refractivity contribution in [1.82, 2.24) is 10.6 Å². The first kappa shape index (κ1) is 12.8. The lowest BCUT2D eigenvalue weighted by Crippen LogP contribution is -2.60. The molecule has 7 nitrogen and oxygen atoms in total. The number of hydrogen-bond donors (Lipinski definition) is 3. The van der Waals surface area contributed by atoms with E-state index in [-0.39, 0.29) is 13.0 Å². The summed E-state index contributed by atoms with van der Waals surface area (Å²) in [7, 11) is 1.30. The van der Waals surface area contributed by atoms with Crippen molar-refractivity contribution in [2.75, 3.05) is 13.7 Å². The maximum absolute atomic E-state index is 13.2. The number of carbonyl (C=O) groups is 2. The fourth-order valence-electron chi connectivity index (χ4n) is 1.10. The quantitative estimate of drug-likeness (QED) is 0.524. The molecule has 8 heteroatoms. The number of halogens is 1. The number of rotatable bonds is 5. The van der Waals surface area contributed by atoms with Gasteiger partial charge in [0.25, 0.3) is 5.91 Å². The average molecular weight is 236 g/mol. The fraction of sp³-hybridized carbons (Fsp3) is 0.750. The molecule has 1 rings (SSSR count). The van der Waals surface area contributed by atoms with Crippen LogP contribution in [0, 0.1) is 0 Å². The number of methoxy groups -OCH3 is 1. The third-order valence-electron chi connectivity index (χ3n) is 1.96. The Balaban J connectivity index is 2.35. The molecular formula is C8H13FN2O5. The number of aliphatic hydroxyl groups excluding tert-OH is 1. The molecule has 0 bridgehead atoms. The molecular weight excluding hydrogens is 223 g/mol. The summed E-state index contributed by atoms with van der Waals surface area (Å²) < 4.78 is 22.6. The molecule has 3 atom stereocenters. The van der Waals surface area contributed by atoms with E-state index < -0.39 is 30.6 Å². The van der Waals surface area contributed by atoms with E-state index in [1.807, 2.05) is 0 Å². The second-order valence-electron chi connectivity index (χ2n) is 3.13. The van der Waals surface area contributed by atoms with E-state index >= 15 is 0 Å². The Labute approximate surface area is 90.9 Å². The van der Waals surface area contributed by atoms with Gasteiger partial charge in [-0.2, -0.15) is 0 Å². The number of ether oxygens (including phenoxy) is 2. The zero-order valence-corrected chi connectivity index (χ0v) is 8.60. The Morgan fingerprint density at radius 3 is 2.88 bits per heavy atom. The summed E-state index contributed by atoms with van der Waals surface area (Å²) in [6, 6.07) is -0.809. The van der Waals surface area contributed by atoms with Crippen LogP contribution in [0.4, 0.5) is 9.18 Å². The molecule has 0 aromatic rings. The van der Waals surface area contributed by atoms with Gasteiger partial charge in [0.05, 0.1) is 6.61 Å². The minimum Gasteiger partial charge on any atom is -0.368 e. The first-order chi connectivity index (χ1) is 7.54. The highest BCUT2D eigenvalue weighted by molar-refractivity contribution is 5.99. The van der Waals surface area contributed by atoms with Gasteiger partial charge < -0.3 is 19.9 Å². The highest BCUT2D eigenvalue weighted by Gasteiger charge is 2.36. The van der Waals surface area contributed by atoms with Crippen LogP contribution in [0.15, 0.2) is 0 Å². The van der Waals surface area contributed by atoms with Crippen molar-refractivity contribution in [3.05, 3.63) is 0 Å². The lowest BCUT2D eigenvalue weighted by atomic mass is 10.3. The molecule has 16 heavy (non-hydrogen) atoms. The van der Waals surface area contributed by atoms with Crippen LogP contribution in [0.1, 0.15) is 6.42 Å². The van der Waals surface area contributed by atoms with Crippen molar-refractivity contribution in [1.29, 1.82) is 0 Å². The van der Waals surface area contributed by atoms with Crippen LogP contribution >= 0.6 is 0 Å². The van der Waals surface area contributed by atoms with Crippen molar-refractivity contribution in [2.24, 2.45) is 0 Å². The summed E-state index contributed by atoms with van der Waals surface area (Å²) in [5.41, 5.74) is 0. The maximum Gasteiger partial charge on any atom is 0.323 e. The van der Waals surface area contributed by atoms with Gasteiger partial charge in [0.15, 0.2) is 12.5 Å². The van der Waals surface area contributed by atoms with Gasteiger partial charge in [-0.15, -0.1) is 0 Å². The van der Waals surface area contributed by atoms with Crippen LogP contribution in [0.25, 0.3) is 0 Å². The van der Waals surface area contributed by atoms with Crippen LogP contribution in [0.2, 0.25) is 0 Å². The molecule has 1 saturated heterocycles. The molecule has 0 aromatic carbocycles. The van der Waals surface area contributed by atoms with Gasteiger partial charge in [0.1, 0.15) is 0 Å². The SMILES string of the molecule is COC(O)CCO[C@@H]1NC(=O)NC(=O)[C@@H]1F. The number of imide groups is 1. The zero-order valence-electron chi connectivity index (χ0n) is 8.60. The molecule has 3 N–H and O–H groups in total. The first-order valence-corrected chi connectivity index (χ1v) is 4.62. The van der Waals surface area contributed by atoms with Gasteiger partial charge in [-0.3, -0.25) is 10.1 Å². The van der Waals surface area contributed by atoms with Gasteiger partial charge in [0, 0.05) is 13.5 Å². The number of aliphatic hydroxyl groups is 1. The van der Waals surface area contributed by atoms with Crippen molar-refractivity contribution in [3.63, 3.8) is 0 Å². The lowest BCUT2D eigenvalue weighted by Gasteiger charge is -2.26. The van der Waals surface area contributed by atoms with E-state index in [1.54, 1.807) is 5.32 Å². The van der Waals surface area contributed by atoms with E-state index in [2.05, 4.69) is 10.1 Å². The van der Waals surface area contributed by atoms with Gasteiger partial charge in [0.2, 0.25) is 6.17 Å². The topological polar surface area (TPSA) is 96.9 Å². The lowest BCUT2D eigenvalue weighted by molar-refractivity contribution is -0.137. The minimum atomic E-state index is -1.96. The maximum atomic E-state index is 13.2. The van der Waals surface area contributed by atoms with Crippen molar-refractivity contribution in [2.45, 2.75) is 25.1 Å². The molecule has 0 spiro atoms. The van der Waals surface area contributed by atoms with Crippen molar-refractivity contribution in [3.8, 4) is 0 Å². The van der Waals surface area contributed by atoms with Crippen LogP contribution in [-0.4, -0.2) is 49.5 Å². The van der Waals surface area contributed by atoms with Crippen molar-refractivity contribution >= 4 is 11.9 Å². The van der Waals surface area contributed by atoms with Crippen LogP contribution < -0.4 is 10.6 Å². The molecule has 1 heterocycles. The second-order valence-corrected chi connectivity index (χ2v) is 3.13. The van der Waals surface area contributed by atoms with E-state index in [9.17, 15) is 14.0 Å². The molecule has 0 saturated carbocycles. The van der Waals surface area contributed by atoms with Crippen LogP contribution in [0.3, 0.4) is 0 Å². The Kier molecular flexibility index (Phi) is 4.59. The molecule has 3 amide bonds. The smallest absolute Gasteiger partial charge is 0.323 e. The summed E-state index contributed by atoms with van der Waals surface area (Å²) in [6.07, 6.45) is -4.20. The van der Waals surface area contributed by atoms with Gasteiger partial charge in [-0.1, -0.05) is 0 Å². The van der Waals surface area contributed by atoms with Gasteiger partial charge in [-0.05, 0) is 0 Å². The Hall–Kier alpha value is -1.25. The molecule has 1 aliphatic heterocycles. The van der Waals surface area contributed by atoms with Crippen LogP contribution in [0.5, 0.6) is 0 Å². The molecule has 92 valence electrons. The van der Waals surface area contributed by atoms with E-state index in [4.69, 9.17) is 9.84 Å². The summed E-state index contributed by atoms with van der Waals surface area (Å²) in [4.78, 5) is 21.7. The summed E-state index contributed by atoms with van der Waals surface area (Å²) in [6.45, 7) is -0.0480. The average Bonchev–Trinajstić information content (AvgIpc) is 2.24. The Morgan fingerprint density at radius 2 is 2.25 bits per heavy atom. The van der Waals surface area contributed by atoms with Gasteiger partial charge in [-0.25, -0.2) is 9.18 Å². The standard InChI is InChI=1S/C8H13FN2O5/c1-15-4(12)2-3-16-7-5(9)6(13)10-8(14)11-7/h4-5,7,12H,2-3H2,1H3,(H2,10,11,13,14)/t4?,5-,7-/m0/s1. The normalized spacial score (nSPS) is 27.2. The molecule has 1 fully saturated rings. The highest BCUT2D eigenvalue weighted by atomic mass is 19.1. The molecule has 1 aliphatic rings. The largest absolute Gasteiger partial charge is 0.368 e. The first-order valence-electron chi connectivity index (χ1n) is 4.62. The fourth-order valence-corrected chi connectivity index (χ4v) is 1.10. The summed E-state index contributed by atoms with van der Waals surface area (Å²) >= 11 is 0. The third-order valence-corrected chi connectivity index (χ3v) is 1.96. The second kappa shape index (κ2) is 5.73. The summed E-state index contributed by atoms with van der Waals surface area (Å²) in [5.74, 6) is -1.04. The number of alkyl halides is 1. The molecule has 1 unspecified atom stereocenters. The predicted molar refractivity (Wildman–Crippen MR) is 48.9 cm³/mol. The third kappa shape index (κ3) is 3.40. The van der Waals surface area contributed by atoms with Crippen LogP contribution in [-0.2, 0) is 14.3 Å². The number of urea groups is 1. The predicted octanol–water partition coefficient (Wildman–Crippen LogP) is -1.14. The van der Waals surface area contributed by atoms with Crippen molar-refractivity contribution < 1.29 is 28.6 Å². The molecule has 0 radical (unpaired) electrons. The van der Waals surface area contributed by atoms with E-state index in [1.165, 1.54) is 7.11 Å². The molecule has 0 aromatic heterocycles. The van der Waals surface area contributed by atoms with E-state index in [0.29, 0.717) is 0 Å². The zero-order chi connectivity index (χ0) is 12.1. The molecule has 0 aliphatic carbocycles. The number of amides is 3. The number of carbonyl (C=O) groups excluding carboxylic acids is 2. The Bertz CT molecular complexity index is 275.